The van der Waals surface area contributed by atoms with Crippen LogP contribution in [-0.2, 0) is 16.1 Å². The molecule has 1 rings (SSSR count). The van der Waals surface area contributed by atoms with E-state index in [-0.39, 0.29) is 18.9 Å². The lowest BCUT2D eigenvalue weighted by molar-refractivity contribution is -0.136. The average molecular weight is 258 g/mol. The van der Waals surface area contributed by atoms with Crippen LogP contribution < -0.4 is 5.32 Å². The molecule has 17 heavy (non-hydrogen) atoms. The summed E-state index contributed by atoms with van der Waals surface area (Å²) in [4.78, 5) is 26.7. The van der Waals surface area contributed by atoms with Crippen molar-refractivity contribution >= 4 is 23.2 Å². The number of amides is 1. The standard InChI is InChI=1S/C10H14N2O4S/c1-6-9(17-7(12-6)5-16-2)10(15)11-4-3-8(13)14/h3-5H2,1-2H3,(H,11,15)(H,13,14). The van der Waals surface area contributed by atoms with Gasteiger partial charge in [-0.3, -0.25) is 9.59 Å². The number of aryl methyl sites for hydroxylation is 1. The molecule has 0 fully saturated rings. The molecule has 6 nitrogen and oxygen atoms in total. The summed E-state index contributed by atoms with van der Waals surface area (Å²) in [5, 5.41) is 11.7. The first-order valence-electron chi connectivity index (χ1n) is 4.99. The minimum atomic E-state index is -0.939. The van der Waals surface area contributed by atoms with Crippen LogP contribution in [0, 0.1) is 6.92 Å². The molecule has 1 amide bonds. The van der Waals surface area contributed by atoms with E-state index >= 15 is 0 Å². The van der Waals surface area contributed by atoms with Gasteiger partial charge < -0.3 is 15.2 Å². The Morgan fingerprint density at radius 2 is 2.24 bits per heavy atom. The van der Waals surface area contributed by atoms with Gasteiger partial charge in [-0.05, 0) is 6.92 Å². The van der Waals surface area contributed by atoms with E-state index in [1.807, 2.05) is 0 Å². The van der Waals surface area contributed by atoms with Gasteiger partial charge in [0.2, 0.25) is 0 Å². The minimum Gasteiger partial charge on any atom is -0.481 e. The van der Waals surface area contributed by atoms with E-state index in [4.69, 9.17) is 9.84 Å². The molecular weight excluding hydrogens is 244 g/mol. The Hall–Kier alpha value is -1.47. The van der Waals surface area contributed by atoms with Crippen molar-refractivity contribution in [1.29, 1.82) is 0 Å². The molecule has 1 aromatic heterocycles. The summed E-state index contributed by atoms with van der Waals surface area (Å²) >= 11 is 1.26. The van der Waals surface area contributed by atoms with Crippen LogP contribution in [0.2, 0.25) is 0 Å². The monoisotopic (exact) mass is 258 g/mol. The van der Waals surface area contributed by atoms with E-state index in [1.165, 1.54) is 11.3 Å². The predicted molar refractivity (Wildman–Crippen MR) is 62.2 cm³/mol. The van der Waals surface area contributed by atoms with Crippen molar-refractivity contribution < 1.29 is 19.4 Å². The van der Waals surface area contributed by atoms with Crippen LogP contribution in [0.3, 0.4) is 0 Å². The number of carbonyl (C=O) groups excluding carboxylic acids is 1. The molecule has 0 aromatic carbocycles. The molecule has 0 radical (unpaired) electrons. The number of carboxylic acids is 1. The van der Waals surface area contributed by atoms with Crippen LogP contribution in [0.4, 0.5) is 0 Å². The summed E-state index contributed by atoms with van der Waals surface area (Å²) in [6.07, 6.45) is -0.0888. The largest absolute Gasteiger partial charge is 0.481 e. The van der Waals surface area contributed by atoms with Crippen LogP contribution in [0.5, 0.6) is 0 Å². The van der Waals surface area contributed by atoms with E-state index in [2.05, 4.69) is 10.3 Å². The third kappa shape index (κ3) is 4.12. The van der Waals surface area contributed by atoms with Crippen LogP contribution in [0.25, 0.3) is 0 Å². The van der Waals surface area contributed by atoms with Gasteiger partial charge in [-0.15, -0.1) is 11.3 Å². The first-order chi connectivity index (χ1) is 8.04. The van der Waals surface area contributed by atoms with Crippen molar-refractivity contribution in [2.45, 2.75) is 20.0 Å². The fourth-order valence-corrected chi connectivity index (χ4v) is 2.16. The molecule has 94 valence electrons. The highest BCUT2D eigenvalue weighted by molar-refractivity contribution is 7.13. The third-order valence-electron chi connectivity index (χ3n) is 1.94. The zero-order chi connectivity index (χ0) is 12.8. The topological polar surface area (TPSA) is 88.5 Å². The summed E-state index contributed by atoms with van der Waals surface area (Å²) in [5.41, 5.74) is 0.634. The summed E-state index contributed by atoms with van der Waals surface area (Å²) in [6, 6.07) is 0. The molecule has 2 N–H and O–H groups in total. The maximum atomic E-state index is 11.7. The molecule has 0 saturated heterocycles. The molecule has 1 aromatic rings. The van der Waals surface area contributed by atoms with Crippen LogP contribution >= 0.6 is 11.3 Å². The second-order valence-corrected chi connectivity index (χ2v) is 4.44. The molecule has 1 heterocycles. The fraction of sp³-hybridized carbons (Fsp3) is 0.500. The highest BCUT2D eigenvalue weighted by atomic mass is 32.1. The number of carbonyl (C=O) groups is 2. The number of aromatic nitrogens is 1. The molecule has 0 saturated carbocycles. The summed E-state index contributed by atoms with van der Waals surface area (Å²) in [5.74, 6) is -1.23. The molecule has 0 aliphatic rings. The SMILES string of the molecule is COCc1nc(C)c(C(=O)NCCC(=O)O)s1. The maximum Gasteiger partial charge on any atom is 0.305 e. The molecule has 0 aliphatic carbocycles. The van der Waals surface area contributed by atoms with Crippen molar-refractivity contribution in [2.75, 3.05) is 13.7 Å². The lowest BCUT2D eigenvalue weighted by Gasteiger charge is -2.00. The second-order valence-electron chi connectivity index (χ2n) is 3.35. The van der Waals surface area contributed by atoms with E-state index in [0.717, 1.165) is 5.01 Å². The number of aliphatic carboxylic acids is 1. The number of hydrogen-bond donors (Lipinski definition) is 2. The molecule has 0 bridgehead atoms. The first-order valence-corrected chi connectivity index (χ1v) is 5.81. The van der Waals surface area contributed by atoms with E-state index < -0.39 is 5.97 Å². The minimum absolute atomic E-state index is 0.0888. The molecule has 0 aliphatic heterocycles. The first kappa shape index (κ1) is 13.6. The summed E-state index contributed by atoms with van der Waals surface area (Å²) < 4.78 is 4.93. The van der Waals surface area contributed by atoms with Gasteiger partial charge in [0.1, 0.15) is 9.88 Å². The number of methoxy groups -OCH3 is 1. The van der Waals surface area contributed by atoms with E-state index in [1.54, 1.807) is 14.0 Å². The van der Waals surface area contributed by atoms with Crippen LogP contribution in [0.1, 0.15) is 26.8 Å². The summed E-state index contributed by atoms with van der Waals surface area (Å²) in [7, 11) is 1.56. The Morgan fingerprint density at radius 1 is 1.53 bits per heavy atom. The number of ether oxygens (including phenoxy) is 1. The zero-order valence-electron chi connectivity index (χ0n) is 9.65. The van der Waals surface area contributed by atoms with Crippen molar-refractivity contribution in [1.82, 2.24) is 10.3 Å². The van der Waals surface area contributed by atoms with E-state index in [9.17, 15) is 9.59 Å². The van der Waals surface area contributed by atoms with Crippen molar-refractivity contribution in [2.24, 2.45) is 0 Å². The Labute approximate surface area is 103 Å². The fourth-order valence-electron chi connectivity index (χ4n) is 1.21. The average Bonchev–Trinajstić information content (AvgIpc) is 2.59. The Bertz CT molecular complexity index is 416. The highest BCUT2D eigenvalue weighted by Crippen LogP contribution is 2.18. The molecular formula is C10H14N2O4S. The maximum absolute atomic E-state index is 11.7. The molecule has 7 heteroatoms. The highest BCUT2D eigenvalue weighted by Gasteiger charge is 2.14. The number of carboxylic acid groups (broad SMARTS) is 1. The molecule has 0 spiro atoms. The van der Waals surface area contributed by atoms with Gasteiger partial charge in [-0.2, -0.15) is 0 Å². The smallest absolute Gasteiger partial charge is 0.305 e. The van der Waals surface area contributed by atoms with Gasteiger partial charge in [0, 0.05) is 13.7 Å². The van der Waals surface area contributed by atoms with Gasteiger partial charge in [0.05, 0.1) is 18.7 Å². The third-order valence-corrected chi connectivity index (χ3v) is 3.07. The second kappa shape index (κ2) is 6.31. The Kier molecular flexibility index (Phi) is 5.05. The van der Waals surface area contributed by atoms with Crippen molar-refractivity contribution in [3.63, 3.8) is 0 Å². The quantitative estimate of drug-likeness (QED) is 0.788. The van der Waals surface area contributed by atoms with Crippen molar-refractivity contribution in [3.05, 3.63) is 15.6 Å². The van der Waals surface area contributed by atoms with Gasteiger partial charge in [0.25, 0.3) is 5.91 Å². The van der Waals surface area contributed by atoms with Gasteiger partial charge in [-0.25, -0.2) is 4.98 Å². The lowest BCUT2D eigenvalue weighted by Crippen LogP contribution is -2.25. The number of thiazole rings is 1. The van der Waals surface area contributed by atoms with Crippen LogP contribution in [0.15, 0.2) is 0 Å². The summed E-state index contributed by atoms with van der Waals surface area (Å²) in [6.45, 7) is 2.22. The van der Waals surface area contributed by atoms with E-state index in [0.29, 0.717) is 17.2 Å². The van der Waals surface area contributed by atoms with Gasteiger partial charge in [0.15, 0.2) is 0 Å². The number of nitrogens with one attached hydrogen (secondary N) is 1. The Balaban J connectivity index is 2.59. The molecule has 0 unspecified atom stereocenters. The molecule has 0 atom stereocenters. The number of nitrogens with zero attached hydrogens (tertiary/aromatic N) is 1. The lowest BCUT2D eigenvalue weighted by atomic mass is 10.3. The van der Waals surface area contributed by atoms with Crippen molar-refractivity contribution in [3.8, 4) is 0 Å². The van der Waals surface area contributed by atoms with Crippen LogP contribution in [-0.4, -0.2) is 35.6 Å². The number of hydrogen-bond acceptors (Lipinski definition) is 5. The Morgan fingerprint density at radius 3 is 2.82 bits per heavy atom. The number of rotatable bonds is 6. The van der Waals surface area contributed by atoms with Gasteiger partial charge in [-0.1, -0.05) is 0 Å². The normalized spacial score (nSPS) is 10.2. The van der Waals surface area contributed by atoms with Gasteiger partial charge >= 0.3 is 5.97 Å². The zero-order valence-corrected chi connectivity index (χ0v) is 10.5. The predicted octanol–water partition coefficient (Wildman–Crippen LogP) is 0.802.